The predicted octanol–water partition coefficient (Wildman–Crippen LogP) is 3.33. The van der Waals surface area contributed by atoms with Gasteiger partial charge in [0.25, 0.3) is 0 Å². The molecule has 35 heavy (non-hydrogen) atoms. The van der Waals surface area contributed by atoms with Crippen molar-refractivity contribution in [2.75, 3.05) is 44.9 Å². The highest BCUT2D eigenvalue weighted by Gasteiger charge is 2.42. The molecule has 3 aromatic heterocycles. The quantitative estimate of drug-likeness (QED) is 0.426. The van der Waals surface area contributed by atoms with Crippen LogP contribution in [0.25, 0.3) is 27.7 Å². The van der Waals surface area contributed by atoms with E-state index in [0.29, 0.717) is 0 Å². The van der Waals surface area contributed by atoms with Crippen molar-refractivity contribution in [2.45, 2.75) is 17.7 Å². The number of fused-ring (bicyclic) bond motifs is 2. The van der Waals surface area contributed by atoms with Crippen molar-refractivity contribution in [1.29, 1.82) is 5.26 Å². The molecule has 0 saturated carbocycles. The van der Waals surface area contributed by atoms with E-state index >= 15 is 0 Å². The van der Waals surface area contributed by atoms with Gasteiger partial charge in [-0.25, -0.2) is 9.50 Å². The molecule has 4 aromatic rings. The number of rotatable bonds is 5. The fourth-order valence-electron chi connectivity index (χ4n) is 5.24. The number of benzene rings is 1. The van der Waals surface area contributed by atoms with E-state index < -0.39 is 0 Å². The van der Waals surface area contributed by atoms with Gasteiger partial charge in [-0.05, 0) is 54.4 Å². The molecule has 10 heteroatoms. The Labute approximate surface area is 207 Å². The fourth-order valence-corrected chi connectivity index (χ4v) is 6.08. The molecule has 0 unspecified atom stereocenters. The molecule has 2 aliphatic rings. The van der Waals surface area contributed by atoms with Crippen molar-refractivity contribution in [1.82, 2.24) is 29.8 Å². The van der Waals surface area contributed by atoms with Gasteiger partial charge in [0.2, 0.25) is 0 Å². The number of nitrogens with one attached hydrogen (secondary N) is 1. The number of pyridine rings is 1. The third kappa shape index (κ3) is 3.86. The molecule has 9 nitrogen and oxygen atoms in total. The van der Waals surface area contributed by atoms with Crippen LogP contribution in [-0.4, -0.2) is 69.3 Å². The van der Waals surface area contributed by atoms with Gasteiger partial charge in [-0.1, -0.05) is 0 Å². The smallest absolute Gasteiger partial charge is 0.162 e. The topological polar surface area (TPSA) is 94.6 Å². The van der Waals surface area contributed by atoms with Crippen molar-refractivity contribution in [3.05, 3.63) is 49.1 Å². The molecule has 5 heterocycles. The lowest BCUT2D eigenvalue weighted by Crippen LogP contribution is -2.52. The Morgan fingerprint density at radius 2 is 2.00 bits per heavy atom. The average Bonchev–Trinajstić information content (AvgIpc) is 3.59. The van der Waals surface area contributed by atoms with E-state index in [2.05, 4.69) is 36.8 Å². The second kappa shape index (κ2) is 9.00. The normalized spacial score (nSPS) is 18.2. The van der Waals surface area contributed by atoms with Crippen LogP contribution in [0.3, 0.4) is 0 Å². The number of anilines is 1. The summed E-state index contributed by atoms with van der Waals surface area (Å²) in [6, 6.07) is 7.89. The van der Waals surface area contributed by atoms with E-state index in [1.165, 1.54) is 11.8 Å². The first-order valence-electron chi connectivity index (χ1n) is 11.8. The standard InChI is InChI=1S/C25H26N8OS/c1-34-19-2-3-23-21(12-19)20(4-7-28-23)22-14-30-33-15-18(13-29-24(22)33)31-9-5-25(6-10-31,35-16-26)32-11-8-27-17-32/h2-4,7,12-15,27H,5-6,8-11,17H2,1H3. The number of nitriles is 1. The monoisotopic (exact) mass is 486 g/mol. The second-order valence-electron chi connectivity index (χ2n) is 8.93. The first-order valence-corrected chi connectivity index (χ1v) is 12.6. The lowest BCUT2D eigenvalue weighted by atomic mass is 10.0. The predicted molar refractivity (Wildman–Crippen MR) is 137 cm³/mol. The Hall–Kier alpha value is -3.39. The van der Waals surface area contributed by atoms with Crippen molar-refractivity contribution >= 4 is 34.0 Å². The van der Waals surface area contributed by atoms with Crippen molar-refractivity contribution in [3.63, 3.8) is 0 Å². The Balaban J connectivity index is 1.29. The molecule has 0 spiro atoms. The maximum Gasteiger partial charge on any atom is 0.162 e. The van der Waals surface area contributed by atoms with Gasteiger partial charge in [0.1, 0.15) is 11.2 Å². The fraction of sp³-hybridized carbons (Fsp3) is 0.360. The minimum atomic E-state index is -0.116. The molecular formula is C25H26N8OS. The molecule has 2 fully saturated rings. The summed E-state index contributed by atoms with van der Waals surface area (Å²) >= 11 is 1.42. The zero-order chi connectivity index (χ0) is 23.8. The van der Waals surface area contributed by atoms with Crippen LogP contribution in [0.2, 0.25) is 0 Å². The molecule has 178 valence electrons. The summed E-state index contributed by atoms with van der Waals surface area (Å²) in [7, 11) is 1.67. The van der Waals surface area contributed by atoms with Crippen LogP contribution in [0.4, 0.5) is 5.69 Å². The van der Waals surface area contributed by atoms with Crippen LogP contribution < -0.4 is 15.0 Å². The number of nitrogens with zero attached hydrogens (tertiary/aromatic N) is 7. The number of hydrogen-bond acceptors (Lipinski definition) is 9. The largest absolute Gasteiger partial charge is 0.497 e. The van der Waals surface area contributed by atoms with E-state index in [-0.39, 0.29) is 4.87 Å². The molecule has 6 rings (SSSR count). The van der Waals surface area contributed by atoms with Crippen molar-refractivity contribution < 1.29 is 4.74 Å². The second-order valence-corrected chi connectivity index (χ2v) is 10.1. The molecule has 0 atom stereocenters. The average molecular weight is 487 g/mol. The van der Waals surface area contributed by atoms with Crippen LogP contribution in [0.15, 0.2) is 49.1 Å². The molecule has 1 N–H and O–H groups in total. The van der Waals surface area contributed by atoms with E-state index in [4.69, 9.17) is 9.72 Å². The van der Waals surface area contributed by atoms with Gasteiger partial charge in [-0.3, -0.25) is 9.88 Å². The zero-order valence-corrected chi connectivity index (χ0v) is 20.3. The molecule has 0 radical (unpaired) electrons. The Kier molecular flexibility index (Phi) is 5.68. The zero-order valence-electron chi connectivity index (χ0n) is 19.5. The van der Waals surface area contributed by atoms with Crippen LogP contribution in [0.1, 0.15) is 12.8 Å². The van der Waals surface area contributed by atoms with Crippen molar-refractivity contribution in [3.8, 4) is 22.3 Å². The summed E-state index contributed by atoms with van der Waals surface area (Å²) < 4.78 is 7.29. The minimum Gasteiger partial charge on any atom is -0.497 e. The van der Waals surface area contributed by atoms with Gasteiger partial charge in [-0.15, -0.1) is 0 Å². The van der Waals surface area contributed by atoms with E-state index in [0.717, 1.165) is 84.8 Å². The van der Waals surface area contributed by atoms with Crippen LogP contribution in [0.5, 0.6) is 5.75 Å². The summed E-state index contributed by atoms with van der Waals surface area (Å²) in [6.45, 7) is 4.59. The highest BCUT2D eigenvalue weighted by Crippen LogP contribution is 2.40. The van der Waals surface area contributed by atoms with Crippen LogP contribution in [0, 0.1) is 10.7 Å². The number of hydrogen-bond donors (Lipinski definition) is 1. The highest BCUT2D eigenvalue weighted by atomic mass is 32.2. The molecule has 0 bridgehead atoms. The van der Waals surface area contributed by atoms with E-state index in [1.54, 1.807) is 7.11 Å². The van der Waals surface area contributed by atoms with Gasteiger partial charge in [0, 0.05) is 50.0 Å². The number of methoxy groups -OCH3 is 1. The van der Waals surface area contributed by atoms with Gasteiger partial charge in [0.15, 0.2) is 5.65 Å². The van der Waals surface area contributed by atoms with Crippen LogP contribution in [-0.2, 0) is 0 Å². The summed E-state index contributed by atoms with van der Waals surface area (Å²) in [5.74, 6) is 0.791. The third-order valence-corrected chi connectivity index (χ3v) is 8.30. The van der Waals surface area contributed by atoms with Gasteiger partial charge in [-0.2, -0.15) is 10.4 Å². The van der Waals surface area contributed by atoms with Crippen LogP contribution >= 0.6 is 11.8 Å². The summed E-state index contributed by atoms with van der Waals surface area (Å²) in [5, 5.41) is 20.9. The minimum absolute atomic E-state index is 0.116. The maximum absolute atomic E-state index is 9.46. The highest BCUT2D eigenvalue weighted by molar-refractivity contribution is 8.05. The van der Waals surface area contributed by atoms with Gasteiger partial charge < -0.3 is 15.0 Å². The summed E-state index contributed by atoms with van der Waals surface area (Å²) in [5.41, 5.74) is 4.74. The number of piperidine rings is 1. The molecule has 1 aromatic carbocycles. The first-order chi connectivity index (χ1) is 17.2. The maximum atomic E-state index is 9.46. The number of aromatic nitrogens is 4. The number of ether oxygens (including phenoxy) is 1. The molecular weight excluding hydrogens is 460 g/mol. The Morgan fingerprint density at radius 1 is 1.11 bits per heavy atom. The van der Waals surface area contributed by atoms with E-state index in [9.17, 15) is 5.26 Å². The molecule has 2 saturated heterocycles. The third-order valence-electron chi connectivity index (χ3n) is 7.16. The Morgan fingerprint density at radius 3 is 2.77 bits per heavy atom. The van der Waals surface area contributed by atoms with Gasteiger partial charge >= 0.3 is 0 Å². The molecule has 2 aliphatic heterocycles. The Bertz CT molecular complexity index is 1420. The summed E-state index contributed by atoms with van der Waals surface area (Å²) in [4.78, 5) is 14.0. The molecule has 0 aliphatic carbocycles. The van der Waals surface area contributed by atoms with Gasteiger partial charge in [0.05, 0.1) is 41.8 Å². The number of thioether (sulfide) groups is 1. The number of thiocyanates is 1. The van der Waals surface area contributed by atoms with Crippen molar-refractivity contribution in [2.24, 2.45) is 0 Å². The SMILES string of the molecule is COc1ccc2nccc(-c3cnn4cc(N5CCC(SC#N)(N6CCNC6)CC5)cnc34)c2c1. The summed E-state index contributed by atoms with van der Waals surface area (Å²) in [6.07, 6.45) is 9.53. The lowest BCUT2D eigenvalue weighted by molar-refractivity contribution is 0.174. The molecule has 0 amide bonds. The first kappa shape index (κ1) is 22.1. The lowest BCUT2D eigenvalue weighted by Gasteiger charge is -2.45. The van der Waals surface area contributed by atoms with E-state index in [1.807, 2.05) is 47.4 Å².